The number of nitrogens with two attached hydrogens (primary N) is 1. The van der Waals surface area contributed by atoms with E-state index in [1.165, 1.54) is 0 Å². The van der Waals surface area contributed by atoms with Gasteiger partial charge in [-0.1, -0.05) is 0 Å². The maximum absolute atomic E-state index is 9.83. The largest absolute Gasteiger partial charge is 0.396 e. The Hall–Kier alpha value is -1.29. The van der Waals surface area contributed by atoms with Crippen LogP contribution in [0.4, 0.5) is 11.5 Å². The van der Waals surface area contributed by atoms with Gasteiger partial charge in [0.2, 0.25) is 0 Å². The van der Waals surface area contributed by atoms with Gasteiger partial charge in [0.1, 0.15) is 0 Å². The number of aliphatic hydroxyl groups is 1. The van der Waals surface area contributed by atoms with E-state index in [-0.39, 0.29) is 0 Å². The van der Waals surface area contributed by atoms with Crippen LogP contribution in [0.2, 0.25) is 0 Å². The number of nitrogens with zero attached hydrogens (tertiary/aromatic N) is 2. The maximum Gasteiger partial charge on any atom is 0.152 e. The number of rotatable bonds is 4. The van der Waals surface area contributed by atoms with Gasteiger partial charge >= 0.3 is 0 Å². The predicted molar refractivity (Wildman–Crippen MR) is 67.6 cm³/mol. The molecule has 0 atom stereocenters. The van der Waals surface area contributed by atoms with Crippen LogP contribution in [-0.2, 0) is 0 Å². The molecule has 0 aliphatic carbocycles. The summed E-state index contributed by atoms with van der Waals surface area (Å²) < 4.78 is 0. The summed E-state index contributed by atoms with van der Waals surface area (Å²) in [6.45, 7) is 8.80. The zero-order valence-corrected chi connectivity index (χ0v) is 10.5. The van der Waals surface area contributed by atoms with E-state index in [1.54, 1.807) is 13.8 Å². The second-order valence-corrected chi connectivity index (χ2v) is 4.69. The van der Waals surface area contributed by atoms with Crippen LogP contribution in [0.3, 0.4) is 0 Å². The van der Waals surface area contributed by atoms with E-state index in [0.717, 1.165) is 18.1 Å². The molecule has 3 N–H and O–H groups in total. The molecule has 0 unspecified atom stereocenters. The average Bonchev–Trinajstić information content (AvgIpc) is 2.17. The van der Waals surface area contributed by atoms with Crippen molar-refractivity contribution in [2.75, 3.05) is 23.7 Å². The van der Waals surface area contributed by atoms with E-state index in [0.29, 0.717) is 12.2 Å². The van der Waals surface area contributed by atoms with Crippen LogP contribution in [0, 0.1) is 6.92 Å². The van der Waals surface area contributed by atoms with E-state index in [9.17, 15) is 5.11 Å². The molecule has 1 rings (SSSR count). The van der Waals surface area contributed by atoms with Crippen molar-refractivity contribution in [3.63, 3.8) is 0 Å². The number of hydrogen-bond acceptors (Lipinski definition) is 4. The van der Waals surface area contributed by atoms with Crippen molar-refractivity contribution < 1.29 is 5.11 Å². The van der Waals surface area contributed by atoms with Crippen molar-refractivity contribution in [2.24, 2.45) is 0 Å². The molecule has 0 aliphatic heterocycles. The fraction of sp³-hybridized carbons (Fsp3) is 0.583. The quantitative estimate of drug-likeness (QED) is 0.813. The van der Waals surface area contributed by atoms with Gasteiger partial charge in [-0.05, 0) is 39.8 Å². The predicted octanol–water partition coefficient (Wildman–Crippen LogP) is 1.57. The SMILES string of the molecule is CCN(CC(C)(C)O)c1nc(C)ccc1N. The molecule has 0 radical (unpaired) electrons. The van der Waals surface area contributed by atoms with E-state index >= 15 is 0 Å². The molecule has 1 aromatic heterocycles. The minimum absolute atomic E-state index is 0.518. The van der Waals surface area contributed by atoms with E-state index in [4.69, 9.17) is 5.73 Å². The highest BCUT2D eigenvalue weighted by molar-refractivity contribution is 5.63. The van der Waals surface area contributed by atoms with Crippen molar-refractivity contribution in [2.45, 2.75) is 33.3 Å². The summed E-state index contributed by atoms with van der Waals surface area (Å²) in [5, 5.41) is 9.83. The smallest absolute Gasteiger partial charge is 0.152 e. The summed E-state index contributed by atoms with van der Waals surface area (Å²) in [6, 6.07) is 3.74. The zero-order valence-electron chi connectivity index (χ0n) is 10.5. The number of likely N-dealkylation sites (N-methyl/N-ethyl adjacent to an activating group) is 1. The van der Waals surface area contributed by atoms with Gasteiger partial charge in [0, 0.05) is 18.8 Å². The van der Waals surface area contributed by atoms with Crippen LogP contribution < -0.4 is 10.6 Å². The van der Waals surface area contributed by atoms with Gasteiger partial charge in [0.05, 0.1) is 11.3 Å². The normalized spacial score (nSPS) is 11.6. The van der Waals surface area contributed by atoms with Gasteiger partial charge in [-0.2, -0.15) is 0 Å². The number of pyridine rings is 1. The molecular formula is C12H21N3O. The Kier molecular flexibility index (Phi) is 3.75. The zero-order chi connectivity index (χ0) is 12.3. The summed E-state index contributed by atoms with van der Waals surface area (Å²) in [7, 11) is 0. The second-order valence-electron chi connectivity index (χ2n) is 4.69. The summed E-state index contributed by atoms with van der Waals surface area (Å²) in [6.07, 6.45) is 0. The molecule has 16 heavy (non-hydrogen) atoms. The van der Waals surface area contributed by atoms with Gasteiger partial charge in [-0.3, -0.25) is 0 Å². The second kappa shape index (κ2) is 4.70. The molecule has 4 nitrogen and oxygen atoms in total. The first-order valence-electron chi connectivity index (χ1n) is 5.54. The van der Waals surface area contributed by atoms with Crippen molar-refractivity contribution in [3.8, 4) is 0 Å². The lowest BCUT2D eigenvalue weighted by molar-refractivity contribution is 0.0874. The van der Waals surface area contributed by atoms with Crippen molar-refractivity contribution in [3.05, 3.63) is 17.8 Å². The highest BCUT2D eigenvalue weighted by Gasteiger charge is 2.19. The Labute approximate surface area is 97.1 Å². The number of nitrogen functional groups attached to an aromatic ring is 1. The van der Waals surface area contributed by atoms with Crippen molar-refractivity contribution in [1.29, 1.82) is 0 Å². The lowest BCUT2D eigenvalue weighted by Gasteiger charge is -2.29. The lowest BCUT2D eigenvalue weighted by Crippen LogP contribution is -2.39. The van der Waals surface area contributed by atoms with Crippen LogP contribution in [0.15, 0.2) is 12.1 Å². The Bertz CT molecular complexity index is 358. The van der Waals surface area contributed by atoms with Crippen molar-refractivity contribution in [1.82, 2.24) is 4.98 Å². The van der Waals surface area contributed by atoms with E-state index < -0.39 is 5.60 Å². The first-order chi connectivity index (χ1) is 7.33. The molecule has 1 heterocycles. The molecular weight excluding hydrogens is 202 g/mol. The van der Waals surface area contributed by atoms with E-state index in [1.807, 2.05) is 30.9 Å². The Morgan fingerprint density at radius 1 is 1.44 bits per heavy atom. The highest BCUT2D eigenvalue weighted by Crippen LogP contribution is 2.22. The molecule has 0 saturated heterocycles. The van der Waals surface area contributed by atoms with Gasteiger partial charge in [0.25, 0.3) is 0 Å². The fourth-order valence-electron chi connectivity index (χ4n) is 1.61. The molecule has 0 bridgehead atoms. The fourth-order valence-corrected chi connectivity index (χ4v) is 1.61. The Balaban J connectivity index is 2.99. The van der Waals surface area contributed by atoms with Crippen LogP contribution in [0.1, 0.15) is 26.5 Å². The Morgan fingerprint density at radius 2 is 2.06 bits per heavy atom. The maximum atomic E-state index is 9.83. The topological polar surface area (TPSA) is 62.4 Å². The van der Waals surface area contributed by atoms with Gasteiger partial charge in [-0.15, -0.1) is 0 Å². The number of aryl methyl sites for hydroxylation is 1. The molecule has 90 valence electrons. The van der Waals surface area contributed by atoms with Crippen molar-refractivity contribution >= 4 is 11.5 Å². The molecule has 0 amide bonds. The standard InChI is InChI=1S/C12H21N3O/c1-5-15(8-12(3,4)16)11-10(13)7-6-9(2)14-11/h6-7,16H,5,8,13H2,1-4H3. The molecule has 0 aliphatic rings. The lowest BCUT2D eigenvalue weighted by atomic mass is 10.1. The third-order valence-electron chi connectivity index (χ3n) is 2.30. The molecule has 0 fully saturated rings. The van der Waals surface area contributed by atoms with Gasteiger partial charge in [0.15, 0.2) is 5.82 Å². The molecule has 4 heteroatoms. The molecule has 0 saturated carbocycles. The monoisotopic (exact) mass is 223 g/mol. The number of anilines is 2. The minimum Gasteiger partial charge on any atom is -0.396 e. The summed E-state index contributed by atoms with van der Waals surface area (Å²) >= 11 is 0. The van der Waals surface area contributed by atoms with E-state index in [2.05, 4.69) is 4.98 Å². The van der Waals surface area contributed by atoms with Gasteiger partial charge in [-0.25, -0.2) is 4.98 Å². The van der Waals surface area contributed by atoms with Crippen LogP contribution >= 0.6 is 0 Å². The summed E-state index contributed by atoms with van der Waals surface area (Å²) in [5.74, 6) is 0.754. The number of hydrogen-bond donors (Lipinski definition) is 2. The third kappa shape index (κ3) is 3.38. The Morgan fingerprint density at radius 3 is 2.56 bits per heavy atom. The average molecular weight is 223 g/mol. The third-order valence-corrected chi connectivity index (χ3v) is 2.30. The first kappa shape index (κ1) is 12.8. The molecule has 1 aromatic rings. The van der Waals surface area contributed by atoms with Crippen LogP contribution in [-0.4, -0.2) is 28.8 Å². The first-order valence-corrected chi connectivity index (χ1v) is 5.54. The summed E-state index contributed by atoms with van der Waals surface area (Å²) in [4.78, 5) is 6.41. The van der Waals surface area contributed by atoms with Gasteiger partial charge < -0.3 is 15.7 Å². The van der Waals surface area contributed by atoms with Crippen LogP contribution in [0.25, 0.3) is 0 Å². The minimum atomic E-state index is -0.756. The summed E-state index contributed by atoms with van der Waals surface area (Å²) in [5.41, 5.74) is 6.72. The highest BCUT2D eigenvalue weighted by atomic mass is 16.3. The molecule has 0 spiro atoms. The number of aromatic nitrogens is 1. The molecule has 0 aromatic carbocycles. The van der Waals surface area contributed by atoms with Crippen LogP contribution in [0.5, 0.6) is 0 Å².